The predicted octanol–water partition coefficient (Wildman–Crippen LogP) is 4.27. The maximum atomic E-state index is 12.3. The van der Waals surface area contributed by atoms with E-state index in [1.54, 1.807) is 31.2 Å². The van der Waals surface area contributed by atoms with Crippen molar-refractivity contribution in [3.05, 3.63) is 52.0 Å². The van der Waals surface area contributed by atoms with E-state index in [9.17, 15) is 8.42 Å². The second-order valence-corrected chi connectivity index (χ2v) is 6.83. The second kappa shape index (κ2) is 6.68. The van der Waals surface area contributed by atoms with Crippen molar-refractivity contribution >= 4 is 37.6 Å². The molecule has 0 aliphatic carbocycles. The summed E-state index contributed by atoms with van der Waals surface area (Å²) in [5, 5.41) is 0.0817. The molecule has 0 N–H and O–H groups in total. The Kier molecular flexibility index (Phi) is 5.13. The van der Waals surface area contributed by atoms with E-state index in [4.69, 9.17) is 20.5 Å². The summed E-state index contributed by atoms with van der Waals surface area (Å²) in [6.07, 6.45) is 0. The Labute approximate surface area is 136 Å². The third kappa shape index (κ3) is 3.90. The van der Waals surface area contributed by atoms with Gasteiger partial charge in [-0.25, -0.2) is 0 Å². The van der Waals surface area contributed by atoms with Crippen molar-refractivity contribution < 1.29 is 17.3 Å². The topological polar surface area (TPSA) is 52.6 Å². The van der Waals surface area contributed by atoms with Crippen molar-refractivity contribution in [1.29, 1.82) is 0 Å². The summed E-state index contributed by atoms with van der Waals surface area (Å²) in [5.41, 5.74) is 0. The molecule has 7 heteroatoms. The first-order chi connectivity index (χ1) is 9.94. The first-order valence-corrected chi connectivity index (χ1v) is 8.63. The molecule has 0 amide bonds. The van der Waals surface area contributed by atoms with E-state index < -0.39 is 10.1 Å². The van der Waals surface area contributed by atoms with Crippen LogP contribution in [0.5, 0.6) is 11.5 Å². The van der Waals surface area contributed by atoms with Crippen LogP contribution in [0.25, 0.3) is 0 Å². The molecule has 21 heavy (non-hydrogen) atoms. The van der Waals surface area contributed by atoms with Crippen LogP contribution in [0.3, 0.4) is 0 Å². The Morgan fingerprint density at radius 2 is 1.81 bits per heavy atom. The molecule has 0 saturated carbocycles. The molecule has 0 saturated heterocycles. The summed E-state index contributed by atoms with van der Waals surface area (Å²) in [6.45, 7) is 2.20. The van der Waals surface area contributed by atoms with Crippen molar-refractivity contribution in [2.45, 2.75) is 11.8 Å². The molecule has 0 spiro atoms. The van der Waals surface area contributed by atoms with Gasteiger partial charge in [-0.3, -0.25) is 0 Å². The zero-order valence-corrected chi connectivity index (χ0v) is 14.2. The summed E-state index contributed by atoms with van der Waals surface area (Å²) < 4.78 is 35.8. The summed E-state index contributed by atoms with van der Waals surface area (Å²) in [5.74, 6) is 0.482. The van der Waals surface area contributed by atoms with Crippen LogP contribution < -0.4 is 8.92 Å². The van der Waals surface area contributed by atoms with Crippen LogP contribution in [0.4, 0.5) is 0 Å². The van der Waals surface area contributed by atoms with Gasteiger partial charge in [0.05, 0.1) is 11.6 Å². The van der Waals surface area contributed by atoms with Gasteiger partial charge in [-0.2, -0.15) is 8.42 Å². The van der Waals surface area contributed by atoms with E-state index in [-0.39, 0.29) is 15.7 Å². The van der Waals surface area contributed by atoms with Gasteiger partial charge in [-0.15, -0.1) is 0 Å². The van der Waals surface area contributed by atoms with Gasteiger partial charge < -0.3 is 8.92 Å². The third-order valence-corrected chi connectivity index (χ3v) is 4.72. The Morgan fingerprint density at radius 3 is 2.43 bits per heavy atom. The van der Waals surface area contributed by atoms with Crippen LogP contribution in [0.1, 0.15) is 6.92 Å². The molecule has 0 aliphatic rings. The van der Waals surface area contributed by atoms with Crippen LogP contribution in [0, 0.1) is 0 Å². The number of halogens is 2. The highest BCUT2D eigenvalue weighted by atomic mass is 79.9. The summed E-state index contributed by atoms with van der Waals surface area (Å²) in [7, 11) is -4.03. The van der Waals surface area contributed by atoms with Crippen molar-refractivity contribution in [2.24, 2.45) is 0 Å². The molecule has 0 aliphatic heterocycles. The van der Waals surface area contributed by atoms with E-state index in [0.29, 0.717) is 16.8 Å². The molecule has 0 atom stereocenters. The first-order valence-electron chi connectivity index (χ1n) is 6.05. The Balaban J connectivity index is 2.38. The normalized spacial score (nSPS) is 11.2. The third-order valence-electron chi connectivity index (χ3n) is 2.51. The fraction of sp³-hybridized carbons (Fsp3) is 0.143. The zero-order valence-electron chi connectivity index (χ0n) is 11.0. The highest BCUT2D eigenvalue weighted by molar-refractivity contribution is 9.10. The quantitative estimate of drug-likeness (QED) is 0.714. The largest absolute Gasteiger partial charge is 0.490 e. The SMILES string of the molecule is CCOc1ccccc1OS(=O)(=O)c1ccc(Br)cc1Cl. The fourth-order valence-corrected chi connectivity index (χ4v) is 3.59. The highest BCUT2D eigenvalue weighted by Crippen LogP contribution is 2.32. The molecule has 0 aromatic heterocycles. The fourth-order valence-electron chi connectivity index (χ4n) is 1.63. The van der Waals surface area contributed by atoms with Crippen LogP contribution in [-0.4, -0.2) is 15.0 Å². The smallest absolute Gasteiger partial charge is 0.340 e. The van der Waals surface area contributed by atoms with Gasteiger partial charge in [0.1, 0.15) is 4.90 Å². The Morgan fingerprint density at radius 1 is 1.14 bits per heavy atom. The number of hydrogen-bond acceptors (Lipinski definition) is 4. The molecule has 0 fully saturated rings. The Hall–Kier alpha value is -1.24. The molecule has 2 aromatic carbocycles. The number of benzene rings is 2. The van der Waals surface area contributed by atoms with Gasteiger partial charge in [0.15, 0.2) is 11.5 Å². The average Bonchev–Trinajstić information content (AvgIpc) is 2.40. The molecule has 0 heterocycles. The van der Waals surface area contributed by atoms with E-state index in [1.807, 2.05) is 0 Å². The monoisotopic (exact) mass is 390 g/mol. The van der Waals surface area contributed by atoms with Crippen molar-refractivity contribution in [1.82, 2.24) is 0 Å². The zero-order chi connectivity index (χ0) is 15.5. The highest BCUT2D eigenvalue weighted by Gasteiger charge is 2.22. The summed E-state index contributed by atoms with van der Waals surface area (Å²) >= 11 is 9.18. The van der Waals surface area contributed by atoms with Gasteiger partial charge >= 0.3 is 10.1 Å². The number of ether oxygens (including phenoxy) is 1. The summed E-state index contributed by atoms with van der Waals surface area (Å²) in [6, 6.07) is 11.0. The lowest BCUT2D eigenvalue weighted by molar-refractivity contribution is 0.327. The van der Waals surface area contributed by atoms with E-state index in [0.717, 1.165) is 0 Å². The maximum absolute atomic E-state index is 12.3. The van der Waals surface area contributed by atoms with Crippen LogP contribution in [0.15, 0.2) is 51.8 Å². The standard InChI is InChI=1S/C14H12BrClO4S/c1-2-19-12-5-3-4-6-13(12)20-21(17,18)14-8-7-10(15)9-11(14)16/h3-9H,2H2,1H3. The molecule has 2 rings (SSSR count). The van der Waals surface area contributed by atoms with Crippen molar-refractivity contribution in [3.8, 4) is 11.5 Å². The van der Waals surface area contributed by atoms with Gasteiger partial charge in [0, 0.05) is 4.47 Å². The molecule has 4 nitrogen and oxygen atoms in total. The van der Waals surface area contributed by atoms with Gasteiger partial charge in [0.2, 0.25) is 0 Å². The van der Waals surface area contributed by atoms with Crippen LogP contribution in [-0.2, 0) is 10.1 Å². The van der Waals surface area contributed by atoms with E-state index in [1.165, 1.54) is 18.2 Å². The molecular weight excluding hydrogens is 380 g/mol. The minimum absolute atomic E-state index is 0.0817. The minimum atomic E-state index is -4.03. The van der Waals surface area contributed by atoms with Gasteiger partial charge in [-0.05, 0) is 37.3 Å². The lowest BCUT2D eigenvalue weighted by Crippen LogP contribution is -2.11. The number of hydrogen-bond donors (Lipinski definition) is 0. The second-order valence-electron chi connectivity index (χ2n) is 3.99. The number of rotatable bonds is 5. The average molecular weight is 392 g/mol. The molecule has 0 radical (unpaired) electrons. The van der Waals surface area contributed by atoms with Crippen LogP contribution in [0.2, 0.25) is 5.02 Å². The molecule has 112 valence electrons. The van der Waals surface area contributed by atoms with Gasteiger partial charge in [-0.1, -0.05) is 39.7 Å². The molecule has 0 unspecified atom stereocenters. The lowest BCUT2D eigenvalue weighted by Gasteiger charge is -2.12. The Bertz CT molecular complexity index is 746. The van der Waals surface area contributed by atoms with Crippen molar-refractivity contribution in [2.75, 3.05) is 6.61 Å². The van der Waals surface area contributed by atoms with E-state index >= 15 is 0 Å². The maximum Gasteiger partial charge on any atom is 0.340 e. The lowest BCUT2D eigenvalue weighted by atomic mass is 10.3. The number of para-hydroxylation sites is 2. The van der Waals surface area contributed by atoms with Crippen LogP contribution >= 0.6 is 27.5 Å². The molecule has 0 bridgehead atoms. The van der Waals surface area contributed by atoms with E-state index in [2.05, 4.69) is 15.9 Å². The van der Waals surface area contributed by atoms with Crippen molar-refractivity contribution in [3.63, 3.8) is 0 Å². The minimum Gasteiger partial charge on any atom is -0.490 e. The van der Waals surface area contributed by atoms with Gasteiger partial charge in [0.25, 0.3) is 0 Å². The summed E-state index contributed by atoms with van der Waals surface area (Å²) in [4.78, 5) is -0.0985. The molecule has 2 aromatic rings. The molecular formula is C14H12BrClO4S. The predicted molar refractivity (Wildman–Crippen MR) is 84.6 cm³/mol. The first kappa shape index (κ1) is 16.1.